The van der Waals surface area contributed by atoms with Gasteiger partial charge in [0.05, 0.1) is 11.7 Å². The number of hydrogen-bond acceptors (Lipinski definition) is 3. The average molecular weight is 242 g/mol. The number of rotatable bonds is 2. The van der Waals surface area contributed by atoms with Crippen LogP contribution in [0.5, 0.6) is 0 Å². The molecule has 3 saturated heterocycles. The Morgan fingerprint density at radius 1 is 1.28 bits per heavy atom. The summed E-state index contributed by atoms with van der Waals surface area (Å²) in [5.74, 6) is 0.857. The average Bonchev–Trinajstić information content (AvgIpc) is 2.87. The van der Waals surface area contributed by atoms with Crippen LogP contribution in [-0.2, 0) is 0 Å². The third kappa shape index (κ3) is 1.68. The molecule has 3 aliphatic rings. The first-order chi connectivity index (χ1) is 8.88. The molecule has 2 aromatic rings. The van der Waals surface area contributed by atoms with Gasteiger partial charge in [-0.3, -0.25) is 5.10 Å². The van der Waals surface area contributed by atoms with E-state index >= 15 is 0 Å². The number of hydrogen-bond donors (Lipinski definition) is 2. The number of piperidine rings is 3. The van der Waals surface area contributed by atoms with Gasteiger partial charge in [0, 0.05) is 23.7 Å². The number of anilines is 1. The highest BCUT2D eigenvalue weighted by Crippen LogP contribution is 2.30. The number of nitrogens with one attached hydrogen (secondary N) is 2. The number of fused-ring (bicyclic) bond motifs is 4. The van der Waals surface area contributed by atoms with Crippen molar-refractivity contribution in [2.75, 3.05) is 25.0 Å². The standard InChI is InChI=1S/C14H18N4/c1-2-13-11(8-15-17-13)7-12(1)16-14-9-18-5-3-10(14)4-6-18/h1-2,7-8,10,14,16H,3-6,9H2,(H,15,17)/t14-/m1/s1. The van der Waals surface area contributed by atoms with Crippen molar-refractivity contribution < 1.29 is 0 Å². The molecule has 0 amide bonds. The fourth-order valence-corrected chi connectivity index (χ4v) is 3.38. The summed E-state index contributed by atoms with van der Waals surface area (Å²) in [6.45, 7) is 3.79. The largest absolute Gasteiger partial charge is 0.381 e. The maximum Gasteiger partial charge on any atom is 0.0651 e. The molecule has 2 bridgehead atoms. The summed E-state index contributed by atoms with van der Waals surface area (Å²) in [7, 11) is 0. The van der Waals surface area contributed by atoms with Gasteiger partial charge in [-0.15, -0.1) is 0 Å². The normalized spacial score (nSPS) is 30.8. The Labute approximate surface area is 106 Å². The second-order valence-corrected chi connectivity index (χ2v) is 5.56. The molecule has 3 aliphatic heterocycles. The highest BCUT2D eigenvalue weighted by atomic mass is 15.2. The molecule has 2 N–H and O–H groups in total. The van der Waals surface area contributed by atoms with Crippen LogP contribution in [-0.4, -0.2) is 40.8 Å². The van der Waals surface area contributed by atoms with E-state index in [2.05, 4.69) is 38.6 Å². The van der Waals surface area contributed by atoms with Crippen molar-refractivity contribution in [3.05, 3.63) is 24.4 Å². The third-order valence-electron chi connectivity index (χ3n) is 4.45. The van der Waals surface area contributed by atoms with Gasteiger partial charge in [-0.2, -0.15) is 5.10 Å². The van der Waals surface area contributed by atoms with E-state index in [0.717, 1.165) is 11.4 Å². The SMILES string of the molecule is c1cc2[nH]ncc2cc1N[C@@H]1CN2CCC1CC2. The molecule has 1 aromatic carbocycles. The molecular weight excluding hydrogens is 224 g/mol. The Bertz CT molecular complexity index is 554. The Hall–Kier alpha value is -1.55. The molecule has 5 rings (SSSR count). The second-order valence-electron chi connectivity index (χ2n) is 5.56. The van der Waals surface area contributed by atoms with Gasteiger partial charge in [0.25, 0.3) is 0 Å². The molecule has 94 valence electrons. The maximum absolute atomic E-state index is 4.07. The van der Waals surface area contributed by atoms with Crippen molar-refractivity contribution in [3.63, 3.8) is 0 Å². The van der Waals surface area contributed by atoms with E-state index in [0.29, 0.717) is 6.04 Å². The van der Waals surface area contributed by atoms with Gasteiger partial charge >= 0.3 is 0 Å². The lowest BCUT2D eigenvalue weighted by molar-refractivity contribution is 0.0975. The van der Waals surface area contributed by atoms with E-state index in [1.54, 1.807) is 0 Å². The van der Waals surface area contributed by atoms with Crippen LogP contribution < -0.4 is 5.32 Å². The lowest BCUT2D eigenvalue weighted by Crippen LogP contribution is -2.53. The zero-order chi connectivity index (χ0) is 11.9. The minimum absolute atomic E-state index is 0.622. The molecule has 4 heteroatoms. The Balaban J connectivity index is 1.56. The van der Waals surface area contributed by atoms with Crippen LogP contribution in [0.25, 0.3) is 10.9 Å². The second kappa shape index (κ2) is 3.99. The fraction of sp³-hybridized carbons (Fsp3) is 0.500. The Kier molecular flexibility index (Phi) is 2.30. The van der Waals surface area contributed by atoms with Crippen LogP contribution in [0.1, 0.15) is 12.8 Å². The minimum atomic E-state index is 0.622. The van der Waals surface area contributed by atoms with Gasteiger partial charge < -0.3 is 10.2 Å². The van der Waals surface area contributed by atoms with Gasteiger partial charge in [-0.1, -0.05) is 0 Å². The molecule has 18 heavy (non-hydrogen) atoms. The van der Waals surface area contributed by atoms with Crippen LogP contribution in [0.3, 0.4) is 0 Å². The highest BCUT2D eigenvalue weighted by Gasteiger charge is 2.33. The Morgan fingerprint density at radius 3 is 2.94 bits per heavy atom. The maximum atomic E-state index is 4.07. The van der Waals surface area contributed by atoms with E-state index in [1.807, 2.05) is 6.20 Å². The van der Waals surface area contributed by atoms with Crippen molar-refractivity contribution in [1.29, 1.82) is 0 Å². The lowest BCUT2D eigenvalue weighted by Gasteiger charge is -2.45. The quantitative estimate of drug-likeness (QED) is 0.847. The number of H-pyrrole nitrogens is 1. The number of benzene rings is 1. The molecule has 0 unspecified atom stereocenters. The fourth-order valence-electron chi connectivity index (χ4n) is 3.38. The first kappa shape index (κ1) is 10.4. The van der Waals surface area contributed by atoms with E-state index < -0.39 is 0 Å². The predicted molar refractivity (Wildman–Crippen MR) is 72.7 cm³/mol. The molecule has 4 heterocycles. The van der Waals surface area contributed by atoms with Crippen LogP contribution in [0.15, 0.2) is 24.4 Å². The van der Waals surface area contributed by atoms with Crippen molar-refractivity contribution >= 4 is 16.6 Å². The monoisotopic (exact) mass is 242 g/mol. The third-order valence-corrected chi connectivity index (χ3v) is 4.45. The van der Waals surface area contributed by atoms with Gasteiger partial charge in [0.1, 0.15) is 0 Å². The molecule has 4 nitrogen and oxygen atoms in total. The molecule has 1 aromatic heterocycles. The topological polar surface area (TPSA) is 44.0 Å². The van der Waals surface area contributed by atoms with Gasteiger partial charge in [-0.05, 0) is 50.0 Å². The van der Waals surface area contributed by atoms with Crippen molar-refractivity contribution in [3.8, 4) is 0 Å². The summed E-state index contributed by atoms with van der Waals surface area (Å²) in [5.41, 5.74) is 2.33. The van der Waals surface area contributed by atoms with Crippen LogP contribution in [0, 0.1) is 5.92 Å². The summed E-state index contributed by atoms with van der Waals surface area (Å²) >= 11 is 0. The highest BCUT2D eigenvalue weighted by molar-refractivity contribution is 5.81. The first-order valence-electron chi connectivity index (χ1n) is 6.80. The number of aromatic nitrogens is 2. The zero-order valence-electron chi connectivity index (χ0n) is 10.4. The van der Waals surface area contributed by atoms with Gasteiger partial charge in [0.2, 0.25) is 0 Å². The van der Waals surface area contributed by atoms with Crippen LogP contribution >= 0.6 is 0 Å². The van der Waals surface area contributed by atoms with Crippen LogP contribution in [0.4, 0.5) is 5.69 Å². The Morgan fingerprint density at radius 2 is 2.17 bits per heavy atom. The molecule has 3 fully saturated rings. The molecule has 0 radical (unpaired) electrons. The van der Waals surface area contributed by atoms with Crippen molar-refractivity contribution in [2.24, 2.45) is 5.92 Å². The first-order valence-corrected chi connectivity index (χ1v) is 6.80. The molecule has 0 aliphatic carbocycles. The summed E-state index contributed by atoms with van der Waals surface area (Å²) < 4.78 is 0. The number of aromatic amines is 1. The van der Waals surface area contributed by atoms with Crippen molar-refractivity contribution in [2.45, 2.75) is 18.9 Å². The molecular formula is C14H18N4. The van der Waals surface area contributed by atoms with Crippen molar-refractivity contribution in [1.82, 2.24) is 15.1 Å². The molecule has 0 saturated carbocycles. The molecule has 1 atom stereocenters. The van der Waals surface area contributed by atoms with E-state index in [4.69, 9.17) is 0 Å². The smallest absolute Gasteiger partial charge is 0.0651 e. The lowest BCUT2D eigenvalue weighted by atomic mass is 9.84. The summed E-state index contributed by atoms with van der Waals surface area (Å²) in [6, 6.07) is 7.07. The van der Waals surface area contributed by atoms with E-state index in [9.17, 15) is 0 Å². The van der Waals surface area contributed by atoms with Gasteiger partial charge in [0.15, 0.2) is 0 Å². The summed E-state index contributed by atoms with van der Waals surface area (Å²) in [6.07, 6.45) is 4.59. The predicted octanol–water partition coefficient (Wildman–Crippen LogP) is 2.07. The summed E-state index contributed by atoms with van der Waals surface area (Å²) in [4.78, 5) is 2.58. The molecule has 0 spiro atoms. The van der Waals surface area contributed by atoms with E-state index in [1.165, 1.54) is 43.5 Å². The van der Waals surface area contributed by atoms with E-state index in [-0.39, 0.29) is 0 Å². The van der Waals surface area contributed by atoms with Gasteiger partial charge in [-0.25, -0.2) is 0 Å². The zero-order valence-corrected chi connectivity index (χ0v) is 10.4. The number of nitrogens with zero attached hydrogens (tertiary/aromatic N) is 2. The minimum Gasteiger partial charge on any atom is -0.381 e. The van der Waals surface area contributed by atoms with Crippen LogP contribution in [0.2, 0.25) is 0 Å². The summed E-state index contributed by atoms with van der Waals surface area (Å²) in [5, 5.41) is 12.0.